The van der Waals surface area contributed by atoms with E-state index in [9.17, 15) is 9.59 Å². The molecule has 2 fully saturated rings. The predicted molar refractivity (Wildman–Crippen MR) is 80.9 cm³/mol. The molecule has 2 rings (SSSR count). The lowest BCUT2D eigenvalue weighted by molar-refractivity contribution is -0.140. The third-order valence-electron chi connectivity index (χ3n) is 4.66. The van der Waals surface area contributed by atoms with Crippen LogP contribution in [-0.2, 0) is 14.3 Å². The van der Waals surface area contributed by atoms with Gasteiger partial charge in [-0.25, -0.2) is 0 Å². The SMILES string of the molecule is COC(=O)CCCC(=O)N1CCCC[C@H](N2CCCC2)C1. The topological polar surface area (TPSA) is 49.9 Å². The molecule has 5 heteroatoms. The fraction of sp³-hybridized carbons (Fsp3) is 0.875. The summed E-state index contributed by atoms with van der Waals surface area (Å²) in [6.07, 6.45) is 7.52. The van der Waals surface area contributed by atoms with Gasteiger partial charge in [-0.15, -0.1) is 0 Å². The minimum atomic E-state index is -0.228. The zero-order valence-corrected chi connectivity index (χ0v) is 13.2. The molecule has 2 heterocycles. The number of hydrogen-bond acceptors (Lipinski definition) is 4. The molecule has 2 aliphatic rings. The summed E-state index contributed by atoms with van der Waals surface area (Å²) in [4.78, 5) is 28.0. The molecule has 2 aliphatic heterocycles. The first kappa shape index (κ1) is 16.3. The number of ether oxygens (including phenoxy) is 1. The number of carbonyl (C=O) groups excluding carboxylic acids is 2. The van der Waals surface area contributed by atoms with Gasteiger partial charge in [0.25, 0.3) is 0 Å². The van der Waals surface area contributed by atoms with Crippen molar-refractivity contribution in [2.45, 2.75) is 57.4 Å². The highest BCUT2D eigenvalue weighted by molar-refractivity contribution is 5.77. The third kappa shape index (κ3) is 4.99. The number of esters is 1. The first-order valence-corrected chi connectivity index (χ1v) is 8.29. The molecule has 0 aromatic rings. The second-order valence-electron chi connectivity index (χ2n) is 6.16. The van der Waals surface area contributed by atoms with Crippen molar-refractivity contribution in [3.8, 4) is 0 Å². The minimum absolute atomic E-state index is 0.199. The van der Waals surface area contributed by atoms with Gasteiger partial charge in [0.2, 0.25) is 5.91 Å². The van der Waals surface area contributed by atoms with Gasteiger partial charge in [0, 0.05) is 32.0 Å². The fourth-order valence-electron chi connectivity index (χ4n) is 3.40. The maximum absolute atomic E-state index is 12.3. The number of amides is 1. The van der Waals surface area contributed by atoms with E-state index in [-0.39, 0.29) is 11.9 Å². The van der Waals surface area contributed by atoms with E-state index >= 15 is 0 Å². The van der Waals surface area contributed by atoms with E-state index in [1.54, 1.807) is 0 Å². The third-order valence-corrected chi connectivity index (χ3v) is 4.66. The molecule has 0 radical (unpaired) electrons. The molecule has 0 saturated carbocycles. The van der Waals surface area contributed by atoms with Crippen LogP contribution in [0.15, 0.2) is 0 Å². The van der Waals surface area contributed by atoms with Crippen LogP contribution in [0.4, 0.5) is 0 Å². The molecule has 0 aromatic carbocycles. The molecule has 0 unspecified atom stereocenters. The van der Waals surface area contributed by atoms with Gasteiger partial charge in [-0.3, -0.25) is 14.5 Å². The molecule has 0 aromatic heterocycles. The minimum Gasteiger partial charge on any atom is -0.469 e. The lowest BCUT2D eigenvalue weighted by Crippen LogP contribution is -2.43. The normalized spacial score (nSPS) is 23.9. The van der Waals surface area contributed by atoms with E-state index in [2.05, 4.69) is 9.64 Å². The molecule has 0 bridgehead atoms. The molecule has 1 atom stereocenters. The number of rotatable bonds is 5. The average Bonchev–Trinajstić information content (AvgIpc) is 2.91. The molecule has 120 valence electrons. The van der Waals surface area contributed by atoms with Crippen molar-refractivity contribution in [1.29, 1.82) is 0 Å². The van der Waals surface area contributed by atoms with Gasteiger partial charge >= 0.3 is 5.97 Å². The lowest BCUT2D eigenvalue weighted by atomic mass is 10.1. The van der Waals surface area contributed by atoms with Crippen molar-refractivity contribution in [2.75, 3.05) is 33.3 Å². The predicted octanol–water partition coefficient (Wildman–Crippen LogP) is 1.81. The van der Waals surface area contributed by atoms with Gasteiger partial charge < -0.3 is 9.64 Å². The second-order valence-corrected chi connectivity index (χ2v) is 6.16. The zero-order valence-electron chi connectivity index (χ0n) is 13.2. The second kappa shape index (κ2) is 8.37. The van der Waals surface area contributed by atoms with Crippen LogP contribution in [0, 0.1) is 0 Å². The van der Waals surface area contributed by atoms with Crippen LogP contribution in [0.25, 0.3) is 0 Å². The fourth-order valence-corrected chi connectivity index (χ4v) is 3.40. The number of methoxy groups -OCH3 is 1. The Bertz CT molecular complexity index is 353. The van der Waals surface area contributed by atoms with Gasteiger partial charge in [0.1, 0.15) is 0 Å². The summed E-state index contributed by atoms with van der Waals surface area (Å²) in [5.41, 5.74) is 0. The van der Waals surface area contributed by atoms with Crippen LogP contribution in [0.1, 0.15) is 51.4 Å². The summed E-state index contributed by atoms with van der Waals surface area (Å²) in [5, 5.41) is 0. The van der Waals surface area contributed by atoms with Gasteiger partial charge in [-0.1, -0.05) is 6.42 Å². The van der Waals surface area contributed by atoms with E-state index in [4.69, 9.17) is 0 Å². The van der Waals surface area contributed by atoms with Crippen LogP contribution >= 0.6 is 0 Å². The Morgan fingerprint density at radius 2 is 1.76 bits per heavy atom. The maximum atomic E-state index is 12.3. The Morgan fingerprint density at radius 1 is 1.05 bits per heavy atom. The molecule has 0 aliphatic carbocycles. The molecule has 0 spiro atoms. The quantitative estimate of drug-likeness (QED) is 0.726. The van der Waals surface area contributed by atoms with Crippen LogP contribution in [0.5, 0.6) is 0 Å². The Kier molecular flexibility index (Phi) is 6.49. The monoisotopic (exact) mass is 296 g/mol. The zero-order chi connectivity index (χ0) is 15.1. The first-order valence-electron chi connectivity index (χ1n) is 8.29. The highest BCUT2D eigenvalue weighted by Gasteiger charge is 2.27. The van der Waals surface area contributed by atoms with Gasteiger partial charge in [0.15, 0.2) is 0 Å². The Hall–Kier alpha value is -1.10. The molecule has 21 heavy (non-hydrogen) atoms. The molecule has 5 nitrogen and oxygen atoms in total. The molecular formula is C16H28N2O3. The summed E-state index contributed by atoms with van der Waals surface area (Å²) >= 11 is 0. The summed E-state index contributed by atoms with van der Waals surface area (Å²) in [6.45, 7) is 4.13. The van der Waals surface area contributed by atoms with Crippen molar-refractivity contribution in [1.82, 2.24) is 9.80 Å². The smallest absolute Gasteiger partial charge is 0.305 e. The van der Waals surface area contributed by atoms with Gasteiger partial charge in [-0.05, 0) is 45.2 Å². The maximum Gasteiger partial charge on any atom is 0.305 e. The van der Waals surface area contributed by atoms with Crippen LogP contribution in [0.2, 0.25) is 0 Å². The highest BCUT2D eigenvalue weighted by atomic mass is 16.5. The molecule has 2 saturated heterocycles. The lowest BCUT2D eigenvalue weighted by Gasteiger charge is -2.30. The van der Waals surface area contributed by atoms with Crippen molar-refractivity contribution in [3.63, 3.8) is 0 Å². The van der Waals surface area contributed by atoms with E-state index in [0.29, 0.717) is 25.3 Å². The standard InChI is InChI=1S/C16H28N2O3/c1-21-16(20)9-6-8-15(19)18-12-3-2-7-14(13-18)17-10-4-5-11-17/h14H,2-13H2,1H3/t14-/m0/s1. The summed E-state index contributed by atoms with van der Waals surface area (Å²) in [7, 11) is 1.39. The molecule has 1 amide bonds. The van der Waals surface area contributed by atoms with Crippen molar-refractivity contribution >= 4 is 11.9 Å². The largest absolute Gasteiger partial charge is 0.469 e. The number of likely N-dealkylation sites (tertiary alicyclic amines) is 2. The van der Waals surface area contributed by atoms with Crippen molar-refractivity contribution in [2.24, 2.45) is 0 Å². The van der Waals surface area contributed by atoms with E-state index in [0.717, 1.165) is 19.5 Å². The van der Waals surface area contributed by atoms with Crippen LogP contribution < -0.4 is 0 Å². The molecular weight excluding hydrogens is 268 g/mol. The summed E-state index contributed by atoms with van der Waals surface area (Å²) < 4.78 is 4.61. The Morgan fingerprint density at radius 3 is 2.48 bits per heavy atom. The van der Waals surface area contributed by atoms with E-state index < -0.39 is 0 Å². The number of carbonyl (C=O) groups is 2. The van der Waals surface area contributed by atoms with Gasteiger partial charge in [0.05, 0.1) is 7.11 Å². The average molecular weight is 296 g/mol. The molecule has 0 N–H and O–H groups in total. The first-order chi connectivity index (χ1) is 10.2. The number of hydrogen-bond donors (Lipinski definition) is 0. The van der Waals surface area contributed by atoms with Crippen LogP contribution in [0.3, 0.4) is 0 Å². The van der Waals surface area contributed by atoms with Crippen molar-refractivity contribution < 1.29 is 14.3 Å². The summed E-state index contributed by atoms with van der Waals surface area (Å²) in [6, 6.07) is 0.541. The Balaban J connectivity index is 1.79. The van der Waals surface area contributed by atoms with Crippen molar-refractivity contribution in [3.05, 3.63) is 0 Å². The van der Waals surface area contributed by atoms with E-state index in [1.165, 1.54) is 45.9 Å². The summed E-state index contributed by atoms with van der Waals surface area (Å²) in [5.74, 6) is -0.0291. The number of nitrogens with zero attached hydrogens (tertiary/aromatic N) is 2. The van der Waals surface area contributed by atoms with E-state index in [1.807, 2.05) is 4.90 Å². The van der Waals surface area contributed by atoms with Crippen LogP contribution in [-0.4, -0.2) is 61.0 Å². The highest BCUT2D eigenvalue weighted by Crippen LogP contribution is 2.21. The Labute approximate surface area is 127 Å². The van der Waals surface area contributed by atoms with Gasteiger partial charge in [-0.2, -0.15) is 0 Å².